The number of hydrogen-bond donors (Lipinski definition) is 2. The summed E-state index contributed by atoms with van der Waals surface area (Å²) in [5.74, 6) is 0.646. The monoisotopic (exact) mass is 352 g/mol. The molecule has 0 aliphatic carbocycles. The largest absolute Gasteiger partial charge is 0.492 e. The van der Waals surface area contributed by atoms with Crippen LogP contribution in [0.15, 0.2) is 42.5 Å². The minimum atomic E-state index is -0.270. The number of carbonyl (C=O) groups is 1. The number of anilines is 1. The minimum Gasteiger partial charge on any atom is -0.492 e. The second-order valence-corrected chi connectivity index (χ2v) is 5.82. The molecule has 0 spiro atoms. The van der Waals surface area contributed by atoms with Crippen LogP contribution in [0.3, 0.4) is 0 Å². The van der Waals surface area contributed by atoms with E-state index in [1.54, 1.807) is 18.2 Å². The number of aryl methyl sites for hydroxylation is 1. The van der Waals surface area contributed by atoms with Crippen LogP contribution in [0.4, 0.5) is 10.5 Å². The molecule has 0 aliphatic rings. The standard InChI is InChI=1S/C17H18Cl2N2O2/c1-12-7-8-13(18)11-15(12)21-17(22)20-9-4-10-23-16-6-3-2-5-14(16)19/h2-3,5-8,11H,4,9-10H2,1H3,(H2,20,21,22). The lowest BCUT2D eigenvalue weighted by molar-refractivity contribution is 0.250. The van der Waals surface area contributed by atoms with Crippen LogP contribution in [0.2, 0.25) is 10.0 Å². The molecule has 0 saturated carbocycles. The molecule has 0 saturated heterocycles. The normalized spacial score (nSPS) is 10.2. The second-order valence-electron chi connectivity index (χ2n) is 4.97. The summed E-state index contributed by atoms with van der Waals surface area (Å²) in [5.41, 5.74) is 1.65. The molecule has 0 heterocycles. The lowest BCUT2D eigenvalue weighted by Gasteiger charge is -2.11. The van der Waals surface area contributed by atoms with Gasteiger partial charge >= 0.3 is 6.03 Å². The maximum absolute atomic E-state index is 11.8. The summed E-state index contributed by atoms with van der Waals surface area (Å²) < 4.78 is 5.55. The number of hydrogen-bond acceptors (Lipinski definition) is 2. The molecule has 0 radical (unpaired) electrons. The van der Waals surface area contributed by atoms with Gasteiger partial charge in [-0.25, -0.2) is 4.79 Å². The highest BCUT2D eigenvalue weighted by Gasteiger charge is 2.05. The van der Waals surface area contributed by atoms with E-state index in [2.05, 4.69) is 10.6 Å². The van der Waals surface area contributed by atoms with Crippen LogP contribution in [0.1, 0.15) is 12.0 Å². The number of benzene rings is 2. The lowest BCUT2D eigenvalue weighted by Crippen LogP contribution is -2.30. The molecule has 4 nitrogen and oxygen atoms in total. The number of amides is 2. The molecule has 122 valence electrons. The van der Waals surface area contributed by atoms with E-state index in [0.29, 0.717) is 41.1 Å². The van der Waals surface area contributed by atoms with Crippen molar-refractivity contribution < 1.29 is 9.53 Å². The number of ether oxygens (including phenoxy) is 1. The molecule has 0 atom stereocenters. The van der Waals surface area contributed by atoms with Gasteiger partial charge in [0, 0.05) is 17.3 Å². The fourth-order valence-electron chi connectivity index (χ4n) is 1.91. The van der Waals surface area contributed by atoms with Gasteiger partial charge in [-0.05, 0) is 43.2 Å². The van der Waals surface area contributed by atoms with Crippen LogP contribution in [0.5, 0.6) is 5.75 Å². The predicted octanol–water partition coefficient (Wildman–Crippen LogP) is 4.89. The third-order valence-electron chi connectivity index (χ3n) is 3.15. The van der Waals surface area contributed by atoms with E-state index in [1.807, 2.05) is 31.2 Å². The molecular weight excluding hydrogens is 335 g/mol. The molecule has 0 aromatic heterocycles. The maximum Gasteiger partial charge on any atom is 0.319 e. The number of nitrogens with one attached hydrogen (secondary N) is 2. The van der Waals surface area contributed by atoms with E-state index in [0.717, 1.165) is 5.56 Å². The first kappa shape index (κ1) is 17.4. The topological polar surface area (TPSA) is 50.4 Å². The second kappa shape index (κ2) is 8.65. The van der Waals surface area contributed by atoms with Crippen molar-refractivity contribution in [3.63, 3.8) is 0 Å². The van der Waals surface area contributed by atoms with Crippen LogP contribution in [0.25, 0.3) is 0 Å². The zero-order chi connectivity index (χ0) is 16.7. The van der Waals surface area contributed by atoms with Crippen LogP contribution in [-0.4, -0.2) is 19.2 Å². The highest BCUT2D eigenvalue weighted by Crippen LogP contribution is 2.23. The fraction of sp³-hybridized carbons (Fsp3) is 0.235. The Labute approximate surface area is 145 Å². The third kappa shape index (κ3) is 5.66. The maximum atomic E-state index is 11.8. The number of para-hydroxylation sites is 1. The summed E-state index contributed by atoms with van der Waals surface area (Å²) in [5, 5.41) is 6.71. The molecule has 2 aromatic rings. The molecule has 0 unspecified atom stereocenters. The number of carbonyl (C=O) groups excluding carboxylic acids is 1. The zero-order valence-corrected chi connectivity index (χ0v) is 14.2. The number of halogens is 2. The molecule has 2 amide bonds. The summed E-state index contributed by atoms with van der Waals surface area (Å²) in [6.07, 6.45) is 0.674. The molecule has 23 heavy (non-hydrogen) atoms. The Morgan fingerprint density at radius 2 is 1.96 bits per heavy atom. The Kier molecular flexibility index (Phi) is 6.56. The van der Waals surface area contributed by atoms with E-state index >= 15 is 0 Å². The molecule has 6 heteroatoms. The van der Waals surface area contributed by atoms with Crippen molar-refractivity contribution in [2.45, 2.75) is 13.3 Å². The molecule has 0 aliphatic heterocycles. The summed E-state index contributed by atoms with van der Waals surface area (Å²) in [4.78, 5) is 11.8. The third-order valence-corrected chi connectivity index (χ3v) is 3.70. The minimum absolute atomic E-state index is 0.270. The molecule has 2 rings (SSSR count). The first-order valence-electron chi connectivity index (χ1n) is 7.24. The first-order chi connectivity index (χ1) is 11.1. The van der Waals surface area contributed by atoms with E-state index in [4.69, 9.17) is 27.9 Å². The van der Waals surface area contributed by atoms with Gasteiger partial charge < -0.3 is 15.4 Å². The van der Waals surface area contributed by atoms with Gasteiger partial charge in [0.15, 0.2) is 0 Å². The molecule has 0 fully saturated rings. The number of urea groups is 1. The summed E-state index contributed by atoms with van der Waals surface area (Å²) in [6, 6.07) is 12.4. The molecular formula is C17H18Cl2N2O2. The highest BCUT2D eigenvalue weighted by atomic mass is 35.5. The molecule has 2 aromatic carbocycles. The average Bonchev–Trinajstić information content (AvgIpc) is 2.52. The van der Waals surface area contributed by atoms with Gasteiger partial charge in [-0.15, -0.1) is 0 Å². The highest BCUT2D eigenvalue weighted by molar-refractivity contribution is 6.32. The SMILES string of the molecule is Cc1ccc(Cl)cc1NC(=O)NCCCOc1ccccc1Cl. The average molecular weight is 353 g/mol. The van der Waals surface area contributed by atoms with Gasteiger partial charge in [0.2, 0.25) is 0 Å². The molecule has 0 bridgehead atoms. The van der Waals surface area contributed by atoms with E-state index in [9.17, 15) is 4.79 Å². The van der Waals surface area contributed by atoms with Gasteiger partial charge in [0.1, 0.15) is 5.75 Å². The summed E-state index contributed by atoms with van der Waals surface area (Å²) in [7, 11) is 0. The van der Waals surface area contributed by atoms with Crippen LogP contribution < -0.4 is 15.4 Å². The van der Waals surface area contributed by atoms with Crippen molar-refractivity contribution in [1.82, 2.24) is 5.32 Å². The van der Waals surface area contributed by atoms with Gasteiger partial charge in [0.25, 0.3) is 0 Å². The number of rotatable bonds is 6. The van der Waals surface area contributed by atoms with Gasteiger partial charge in [-0.3, -0.25) is 0 Å². The van der Waals surface area contributed by atoms with Crippen molar-refractivity contribution in [2.24, 2.45) is 0 Å². The summed E-state index contributed by atoms with van der Waals surface area (Å²) >= 11 is 11.9. The Bertz CT molecular complexity index is 677. The van der Waals surface area contributed by atoms with Crippen molar-refractivity contribution in [3.8, 4) is 5.75 Å². The molecule has 2 N–H and O–H groups in total. The van der Waals surface area contributed by atoms with Crippen LogP contribution >= 0.6 is 23.2 Å². The first-order valence-corrected chi connectivity index (χ1v) is 8.00. The van der Waals surface area contributed by atoms with E-state index in [-0.39, 0.29) is 6.03 Å². The van der Waals surface area contributed by atoms with Crippen molar-refractivity contribution in [2.75, 3.05) is 18.5 Å². The van der Waals surface area contributed by atoms with Gasteiger partial charge in [-0.1, -0.05) is 41.4 Å². The Balaban J connectivity index is 1.69. The fourth-order valence-corrected chi connectivity index (χ4v) is 2.28. The van der Waals surface area contributed by atoms with Crippen LogP contribution in [-0.2, 0) is 0 Å². The summed E-state index contributed by atoms with van der Waals surface area (Å²) in [6.45, 7) is 2.87. The van der Waals surface area contributed by atoms with Gasteiger partial charge in [-0.2, -0.15) is 0 Å². The quantitative estimate of drug-likeness (QED) is 0.727. The van der Waals surface area contributed by atoms with Gasteiger partial charge in [0.05, 0.1) is 11.6 Å². The van der Waals surface area contributed by atoms with E-state index in [1.165, 1.54) is 0 Å². The Morgan fingerprint density at radius 1 is 1.17 bits per heavy atom. The Morgan fingerprint density at radius 3 is 2.74 bits per heavy atom. The van der Waals surface area contributed by atoms with Crippen molar-refractivity contribution in [3.05, 3.63) is 58.1 Å². The predicted molar refractivity (Wildman–Crippen MR) is 94.8 cm³/mol. The van der Waals surface area contributed by atoms with Crippen molar-refractivity contribution >= 4 is 34.9 Å². The zero-order valence-electron chi connectivity index (χ0n) is 12.7. The van der Waals surface area contributed by atoms with E-state index < -0.39 is 0 Å². The van der Waals surface area contributed by atoms with Crippen molar-refractivity contribution in [1.29, 1.82) is 0 Å². The Hall–Kier alpha value is -1.91. The smallest absolute Gasteiger partial charge is 0.319 e. The lowest BCUT2D eigenvalue weighted by atomic mass is 10.2. The van der Waals surface area contributed by atoms with Crippen LogP contribution in [0, 0.1) is 6.92 Å².